The second-order valence-electron chi connectivity index (χ2n) is 5.12. The van der Waals surface area contributed by atoms with E-state index in [0.717, 1.165) is 0 Å². The van der Waals surface area contributed by atoms with Gasteiger partial charge in [-0.3, -0.25) is 0 Å². The van der Waals surface area contributed by atoms with Crippen molar-refractivity contribution >= 4 is 62.3 Å². The smallest absolute Gasteiger partial charge is 0 e. The maximum absolute atomic E-state index is 9.55. The van der Waals surface area contributed by atoms with Crippen molar-refractivity contribution in [3.05, 3.63) is 12.2 Å². The zero-order chi connectivity index (χ0) is 16.5. The molecule has 0 aromatic carbocycles. The Balaban J connectivity index is -0.000000158. The minimum absolute atomic E-state index is 0. The molecular weight excluding hydrogens is 394 g/mol. The molecule has 0 spiro atoms. The molecule has 0 fully saturated rings. The number of thiol groups is 1. The van der Waals surface area contributed by atoms with Gasteiger partial charge in [-0.05, 0) is 11.7 Å². The predicted octanol–water partition coefficient (Wildman–Crippen LogP) is 3.63. The Morgan fingerprint density at radius 1 is 0.913 bits per heavy atom. The standard InChI is InChI=1S/C12H26S.C4H4O4.Ca.Zn.2H/c1-3-4-5-6-7-8-9-10-11-12(2)13;5-3(6)1-2-4(7)8;;;;/h12-13H,3-11H2,1-2H3;1-2H,(H,5,6)(H,7,8);;;;/b;2-1-;;;;. The number of hydrogen-bond donors (Lipinski definition) is 3. The molecule has 0 heterocycles. The number of hydrogen-bond acceptors (Lipinski definition) is 3. The van der Waals surface area contributed by atoms with Gasteiger partial charge in [0.15, 0.2) is 0 Å². The Bertz CT molecular complexity index is 284. The predicted molar refractivity (Wildman–Crippen MR) is 98.6 cm³/mol. The van der Waals surface area contributed by atoms with E-state index in [1.54, 1.807) is 0 Å². The van der Waals surface area contributed by atoms with E-state index in [0.29, 0.717) is 17.4 Å². The largest absolute Gasteiger partial charge is 0 e. The summed E-state index contributed by atoms with van der Waals surface area (Å²) >= 11 is 4.37. The summed E-state index contributed by atoms with van der Waals surface area (Å²) in [5.74, 6) is -2.51. The van der Waals surface area contributed by atoms with Gasteiger partial charge in [0, 0.05) is 31.6 Å². The van der Waals surface area contributed by atoms with Crippen LogP contribution in [0.5, 0.6) is 0 Å². The Morgan fingerprint density at radius 3 is 1.57 bits per heavy atom. The summed E-state index contributed by atoms with van der Waals surface area (Å²) in [6.45, 7) is 4.46. The number of unbranched alkanes of at least 4 members (excludes halogenated alkanes) is 7. The average Bonchev–Trinajstić information content (AvgIpc) is 2.40. The van der Waals surface area contributed by atoms with Gasteiger partial charge in [0.05, 0.1) is 0 Å². The monoisotopic (exact) mass is 424 g/mol. The number of aliphatic carboxylic acids is 2. The molecule has 0 rings (SSSR count). The van der Waals surface area contributed by atoms with Crippen LogP contribution in [-0.2, 0) is 29.1 Å². The molecule has 1 unspecified atom stereocenters. The van der Waals surface area contributed by atoms with Gasteiger partial charge in [0.1, 0.15) is 0 Å². The van der Waals surface area contributed by atoms with E-state index in [1.807, 2.05) is 0 Å². The van der Waals surface area contributed by atoms with Crippen molar-refractivity contribution < 1.29 is 39.3 Å². The van der Waals surface area contributed by atoms with Crippen LogP contribution in [0, 0.1) is 0 Å². The summed E-state index contributed by atoms with van der Waals surface area (Å²) in [6.07, 6.45) is 13.7. The zero-order valence-corrected chi connectivity index (χ0v) is 17.8. The third-order valence-corrected chi connectivity index (χ3v) is 3.10. The first-order valence-electron chi connectivity index (χ1n) is 7.72. The molecule has 0 saturated heterocycles. The van der Waals surface area contributed by atoms with E-state index in [2.05, 4.69) is 26.5 Å². The Kier molecular flexibility index (Phi) is 34.6. The van der Waals surface area contributed by atoms with Crippen molar-refractivity contribution in [2.24, 2.45) is 0 Å². The van der Waals surface area contributed by atoms with Gasteiger partial charge in [-0.2, -0.15) is 12.6 Å². The van der Waals surface area contributed by atoms with Crippen LogP contribution in [0.4, 0.5) is 0 Å². The van der Waals surface area contributed by atoms with E-state index in [1.165, 1.54) is 57.8 Å². The number of carboxylic acids is 2. The van der Waals surface area contributed by atoms with Crippen molar-refractivity contribution in [3.63, 3.8) is 0 Å². The minimum Gasteiger partial charge on any atom is 0 e. The van der Waals surface area contributed by atoms with Crippen molar-refractivity contribution in [1.29, 1.82) is 0 Å². The summed E-state index contributed by atoms with van der Waals surface area (Å²) in [4.78, 5) is 19.1. The number of carbonyl (C=O) groups is 2. The first-order valence-corrected chi connectivity index (χ1v) is 8.23. The van der Waals surface area contributed by atoms with Crippen LogP contribution in [0.1, 0.15) is 71.6 Å². The molecule has 0 radical (unpaired) electrons. The Morgan fingerprint density at radius 2 is 1.26 bits per heavy atom. The molecule has 0 amide bonds. The summed E-state index contributed by atoms with van der Waals surface area (Å²) < 4.78 is 0. The molecule has 1 atom stereocenters. The molecule has 0 aromatic rings. The van der Waals surface area contributed by atoms with Crippen molar-refractivity contribution in [2.75, 3.05) is 0 Å². The van der Waals surface area contributed by atoms with Crippen molar-refractivity contribution in [3.8, 4) is 0 Å². The van der Waals surface area contributed by atoms with E-state index in [-0.39, 0.29) is 57.2 Å². The molecule has 0 bridgehead atoms. The second-order valence-corrected chi connectivity index (χ2v) is 6.00. The van der Waals surface area contributed by atoms with Crippen LogP contribution in [-0.4, -0.2) is 65.1 Å². The van der Waals surface area contributed by atoms with Gasteiger partial charge in [0.2, 0.25) is 0 Å². The van der Waals surface area contributed by atoms with Crippen LogP contribution >= 0.6 is 12.6 Å². The SMILES string of the molecule is CCCCCCCCCCC(C)S.O=C(O)/C=C\C(=O)O.[CaH2].[Zn]. The van der Waals surface area contributed by atoms with Gasteiger partial charge in [-0.15, -0.1) is 0 Å². The summed E-state index contributed by atoms with van der Waals surface area (Å²) in [5.41, 5.74) is 0. The quantitative estimate of drug-likeness (QED) is 0.204. The van der Waals surface area contributed by atoms with Crippen LogP contribution in [0.3, 0.4) is 0 Å². The number of carboxylic acid groups (broad SMARTS) is 2. The Hall–Kier alpha value is 0.913. The molecule has 0 aliphatic rings. The molecule has 2 N–H and O–H groups in total. The first-order chi connectivity index (χ1) is 9.90. The molecule has 0 saturated carbocycles. The fraction of sp³-hybridized carbons (Fsp3) is 0.750. The third kappa shape index (κ3) is 39.6. The summed E-state index contributed by atoms with van der Waals surface area (Å²) in [7, 11) is 0. The van der Waals surface area contributed by atoms with Crippen LogP contribution in [0.2, 0.25) is 0 Å². The summed E-state index contributed by atoms with van der Waals surface area (Å²) in [5, 5.41) is 16.2. The Labute approximate surface area is 189 Å². The molecular formula is C16H32CaO4SZn. The second kappa shape index (κ2) is 25.2. The zero-order valence-electron chi connectivity index (χ0n) is 14.0. The molecule has 0 aliphatic carbocycles. The summed E-state index contributed by atoms with van der Waals surface area (Å²) in [6, 6.07) is 0. The molecule has 0 aromatic heterocycles. The fourth-order valence-electron chi connectivity index (χ4n) is 1.72. The maximum atomic E-state index is 9.55. The maximum Gasteiger partial charge on any atom is 0 e. The normalized spacial score (nSPS) is 10.7. The molecule has 7 heteroatoms. The van der Waals surface area contributed by atoms with Gasteiger partial charge >= 0.3 is 49.7 Å². The number of rotatable bonds is 11. The van der Waals surface area contributed by atoms with Crippen molar-refractivity contribution in [2.45, 2.75) is 76.9 Å². The average molecular weight is 426 g/mol. The third-order valence-electron chi connectivity index (χ3n) is 2.84. The first kappa shape index (κ1) is 31.7. The van der Waals surface area contributed by atoms with Gasteiger partial charge in [-0.1, -0.05) is 65.2 Å². The topological polar surface area (TPSA) is 74.6 Å². The van der Waals surface area contributed by atoms with Crippen LogP contribution in [0.25, 0.3) is 0 Å². The molecule has 23 heavy (non-hydrogen) atoms. The van der Waals surface area contributed by atoms with Crippen LogP contribution < -0.4 is 0 Å². The fourth-order valence-corrected chi connectivity index (χ4v) is 1.90. The van der Waals surface area contributed by atoms with Gasteiger partial charge in [0.25, 0.3) is 0 Å². The van der Waals surface area contributed by atoms with E-state index < -0.39 is 11.9 Å². The van der Waals surface area contributed by atoms with E-state index >= 15 is 0 Å². The van der Waals surface area contributed by atoms with Gasteiger partial charge in [-0.25, -0.2) is 9.59 Å². The van der Waals surface area contributed by atoms with Crippen molar-refractivity contribution in [1.82, 2.24) is 0 Å². The molecule has 130 valence electrons. The van der Waals surface area contributed by atoms with Crippen LogP contribution in [0.15, 0.2) is 12.2 Å². The van der Waals surface area contributed by atoms with E-state index in [9.17, 15) is 9.59 Å². The van der Waals surface area contributed by atoms with E-state index in [4.69, 9.17) is 10.2 Å². The molecule has 4 nitrogen and oxygen atoms in total. The molecule has 0 aliphatic heterocycles. The van der Waals surface area contributed by atoms with Gasteiger partial charge < -0.3 is 10.2 Å². The minimum atomic E-state index is -1.26.